The summed E-state index contributed by atoms with van der Waals surface area (Å²) in [5.74, 6) is -0.591. The van der Waals surface area contributed by atoms with E-state index in [1.54, 1.807) is 0 Å². The largest absolute Gasteiger partial charge is 0.361 e. The molecule has 0 bridgehead atoms. The van der Waals surface area contributed by atoms with Crippen molar-refractivity contribution in [2.45, 2.75) is 13.3 Å². The number of ether oxygens (including phenoxy) is 1. The topological polar surface area (TPSA) is 46.6 Å². The zero-order valence-corrected chi connectivity index (χ0v) is 6.95. The van der Waals surface area contributed by atoms with E-state index in [0.29, 0.717) is 6.61 Å². The molecule has 0 fully saturated rings. The number of imide groups is 1. The Bertz CT molecular complexity index is 204. The first-order chi connectivity index (χ1) is 5.75. The smallest absolute Gasteiger partial charge is 0.255 e. The Kier molecular flexibility index (Phi) is 2.99. The summed E-state index contributed by atoms with van der Waals surface area (Å²) >= 11 is 0. The number of hydrogen-bond donors (Lipinski definition) is 0. The minimum Gasteiger partial charge on any atom is -0.361 e. The molecule has 66 valence electrons. The van der Waals surface area contributed by atoms with Crippen molar-refractivity contribution in [1.82, 2.24) is 4.90 Å². The lowest BCUT2D eigenvalue weighted by Gasteiger charge is -2.12. The number of rotatable bonds is 4. The van der Waals surface area contributed by atoms with E-state index in [1.165, 1.54) is 12.2 Å². The second kappa shape index (κ2) is 4.01. The summed E-state index contributed by atoms with van der Waals surface area (Å²) in [6, 6.07) is 0. The van der Waals surface area contributed by atoms with Gasteiger partial charge < -0.3 is 4.74 Å². The van der Waals surface area contributed by atoms with Crippen LogP contribution in [0.1, 0.15) is 13.3 Å². The van der Waals surface area contributed by atoms with Crippen LogP contribution in [-0.2, 0) is 14.3 Å². The fraction of sp³-hybridized carbons (Fsp3) is 0.500. The Labute approximate surface area is 70.8 Å². The third kappa shape index (κ3) is 1.92. The summed E-state index contributed by atoms with van der Waals surface area (Å²) in [6.07, 6.45) is 3.37. The van der Waals surface area contributed by atoms with E-state index in [1.807, 2.05) is 6.92 Å². The number of carbonyl (C=O) groups is 2. The van der Waals surface area contributed by atoms with Gasteiger partial charge in [-0.3, -0.25) is 14.5 Å². The van der Waals surface area contributed by atoms with Crippen LogP contribution in [0, 0.1) is 0 Å². The molecular formula is C8H11NO3. The maximum absolute atomic E-state index is 10.9. The molecule has 0 aromatic heterocycles. The third-order valence-electron chi connectivity index (χ3n) is 1.47. The first-order valence-corrected chi connectivity index (χ1v) is 3.87. The molecule has 0 atom stereocenters. The van der Waals surface area contributed by atoms with E-state index < -0.39 is 0 Å². The Hall–Kier alpha value is -1.16. The van der Waals surface area contributed by atoms with Gasteiger partial charge in [0.25, 0.3) is 11.8 Å². The lowest BCUT2D eigenvalue weighted by Crippen LogP contribution is -2.32. The molecular weight excluding hydrogens is 158 g/mol. The molecule has 0 saturated heterocycles. The van der Waals surface area contributed by atoms with Crippen LogP contribution in [0.2, 0.25) is 0 Å². The van der Waals surface area contributed by atoms with E-state index in [0.717, 1.165) is 11.3 Å². The van der Waals surface area contributed by atoms with Crippen molar-refractivity contribution < 1.29 is 14.3 Å². The van der Waals surface area contributed by atoms with Crippen molar-refractivity contribution in [3.8, 4) is 0 Å². The molecule has 1 heterocycles. The van der Waals surface area contributed by atoms with Crippen LogP contribution in [-0.4, -0.2) is 30.1 Å². The maximum atomic E-state index is 10.9. The molecule has 4 heteroatoms. The van der Waals surface area contributed by atoms with Gasteiger partial charge in [-0.15, -0.1) is 0 Å². The van der Waals surface area contributed by atoms with Gasteiger partial charge in [0.15, 0.2) is 0 Å². The van der Waals surface area contributed by atoms with Crippen LogP contribution in [0.5, 0.6) is 0 Å². The fourth-order valence-electron chi connectivity index (χ4n) is 0.859. The predicted molar refractivity (Wildman–Crippen MR) is 42.1 cm³/mol. The van der Waals surface area contributed by atoms with Crippen molar-refractivity contribution in [3.63, 3.8) is 0 Å². The monoisotopic (exact) mass is 169 g/mol. The molecule has 0 aromatic rings. The predicted octanol–water partition coefficient (Wildman–Crippen LogP) is 0.295. The molecule has 2 amide bonds. The highest BCUT2D eigenvalue weighted by molar-refractivity contribution is 6.12. The van der Waals surface area contributed by atoms with Crippen molar-refractivity contribution in [2.75, 3.05) is 13.3 Å². The van der Waals surface area contributed by atoms with Gasteiger partial charge in [-0.05, 0) is 6.42 Å². The number of hydrogen-bond acceptors (Lipinski definition) is 3. The molecule has 4 nitrogen and oxygen atoms in total. The zero-order chi connectivity index (χ0) is 8.97. The summed E-state index contributed by atoms with van der Waals surface area (Å²) in [4.78, 5) is 22.9. The lowest BCUT2D eigenvalue weighted by atomic mass is 10.5. The van der Waals surface area contributed by atoms with Crippen LogP contribution >= 0.6 is 0 Å². The molecule has 0 aliphatic carbocycles. The second-order valence-corrected chi connectivity index (χ2v) is 2.48. The van der Waals surface area contributed by atoms with Crippen molar-refractivity contribution in [2.24, 2.45) is 0 Å². The normalized spacial score (nSPS) is 16.2. The molecule has 1 aliphatic rings. The van der Waals surface area contributed by atoms with E-state index >= 15 is 0 Å². The summed E-state index contributed by atoms with van der Waals surface area (Å²) in [6.45, 7) is 2.60. The highest BCUT2D eigenvalue weighted by Gasteiger charge is 2.22. The Morgan fingerprint density at radius 2 is 1.92 bits per heavy atom. The molecule has 0 saturated carbocycles. The summed E-state index contributed by atoms with van der Waals surface area (Å²) in [5, 5.41) is 0. The minimum atomic E-state index is -0.295. The average molecular weight is 169 g/mol. The fourth-order valence-corrected chi connectivity index (χ4v) is 0.859. The Morgan fingerprint density at radius 3 is 2.42 bits per heavy atom. The number of carbonyl (C=O) groups excluding carboxylic acids is 2. The van der Waals surface area contributed by atoms with E-state index in [2.05, 4.69) is 0 Å². The quantitative estimate of drug-likeness (QED) is 0.449. The van der Waals surface area contributed by atoms with Crippen LogP contribution in [0.3, 0.4) is 0 Å². The highest BCUT2D eigenvalue weighted by Crippen LogP contribution is 2.02. The van der Waals surface area contributed by atoms with E-state index in [4.69, 9.17) is 4.74 Å². The third-order valence-corrected chi connectivity index (χ3v) is 1.47. The van der Waals surface area contributed by atoms with E-state index in [9.17, 15) is 9.59 Å². The first kappa shape index (κ1) is 8.93. The summed E-state index contributed by atoms with van der Waals surface area (Å²) in [5.41, 5.74) is 0. The minimum absolute atomic E-state index is 0.0680. The molecule has 0 spiro atoms. The Balaban J connectivity index is 2.33. The SMILES string of the molecule is CCCOCN1C(=O)C=CC1=O. The zero-order valence-electron chi connectivity index (χ0n) is 6.95. The van der Waals surface area contributed by atoms with Crippen LogP contribution in [0.15, 0.2) is 12.2 Å². The number of amides is 2. The van der Waals surface area contributed by atoms with Gasteiger partial charge in [-0.1, -0.05) is 6.92 Å². The molecule has 0 radical (unpaired) electrons. The second-order valence-electron chi connectivity index (χ2n) is 2.48. The molecule has 0 N–H and O–H groups in total. The van der Waals surface area contributed by atoms with Gasteiger partial charge in [0.1, 0.15) is 6.73 Å². The highest BCUT2D eigenvalue weighted by atomic mass is 16.5. The van der Waals surface area contributed by atoms with Gasteiger partial charge in [0.2, 0.25) is 0 Å². The maximum Gasteiger partial charge on any atom is 0.255 e. The van der Waals surface area contributed by atoms with Gasteiger partial charge in [0.05, 0.1) is 0 Å². The molecule has 0 unspecified atom stereocenters. The van der Waals surface area contributed by atoms with Gasteiger partial charge in [0, 0.05) is 18.8 Å². The van der Waals surface area contributed by atoms with Crippen LogP contribution in [0.4, 0.5) is 0 Å². The first-order valence-electron chi connectivity index (χ1n) is 3.87. The van der Waals surface area contributed by atoms with Gasteiger partial charge in [-0.25, -0.2) is 0 Å². The summed E-state index contributed by atoms with van der Waals surface area (Å²) in [7, 11) is 0. The Morgan fingerprint density at radius 1 is 1.33 bits per heavy atom. The molecule has 1 aliphatic heterocycles. The molecule has 1 rings (SSSR count). The van der Waals surface area contributed by atoms with Crippen molar-refractivity contribution in [3.05, 3.63) is 12.2 Å². The molecule has 0 aromatic carbocycles. The summed E-state index contributed by atoms with van der Waals surface area (Å²) < 4.78 is 5.05. The molecule has 12 heavy (non-hydrogen) atoms. The van der Waals surface area contributed by atoms with Crippen LogP contribution in [0.25, 0.3) is 0 Å². The van der Waals surface area contributed by atoms with Gasteiger partial charge >= 0.3 is 0 Å². The standard InChI is InChI=1S/C8H11NO3/c1-2-5-12-6-9-7(10)3-4-8(9)11/h3-4H,2,5-6H2,1H3. The van der Waals surface area contributed by atoms with E-state index in [-0.39, 0.29) is 18.5 Å². The lowest BCUT2D eigenvalue weighted by molar-refractivity contribution is -0.142. The van der Waals surface area contributed by atoms with Crippen molar-refractivity contribution in [1.29, 1.82) is 0 Å². The average Bonchev–Trinajstić information content (AvgIpc) is 2.35. The van der Waals surface area contributed by atoms with Gasteiger partial charge in [-0.2, -0.15) is 0 Å². The van der Waals surface area contributed by atoms with Crippen molar-refractivity contribution >= 4 is 11.8 Å². The number of nitrogens with zero attached hydrogens (tertiary/aromatic N) is 1. The van der Waals surface area contributed by atoms with Crippen LogP contribution < -0.4 is 0 Å².